The molecule has 0 unspecified atom stereocenters. The summed E-state index contributed by atoms with van der Waals surface area (Å²) in [6, 6.07) is -1.08. The van der Waals surface area contributed by atoms with Crippen LogP contribution in [-0.2, 0) is 72.1 Å². The number of nitrogens with one attached hydrogen (secondary N) is 5. The van der Waals surface area contributed by atoms with Gasteiger partial charge in [-0.1, -0.05) is 37.3 Å². The molecule has 34 heteroatoms. The van der Waals surface area contributed by atoms with Crippen molar-refractivity contribution in [3.8, 4) is 0 Å². The molecule has 0 radical (unpaired) electrons. The number of nitrogens with zero attached hydrogens (tertiary/aromatic N) is 7. The Morgan fingerprint density at radius 1 is 0.663 bits per heavy atom. The second-order valence-corrected chi connectivity index (χ2v) is 24.1. The zero-order chi connectivity index (χ0) is 67.2. The van der Waals surface area contributed by atoms with Gasteiger partial charge in [0.05, 0.1) is 31.4 Å². The second kappa shape index (κ2) is 35.2. The Kier molecular flexibility index (Phi) is 27.7. The van der Waals surface area contributed by atoms with Crippen LogP contribution in [0.4, 0.5) is 0 Å². The zero-order valence-electron chi connectivity index (χ0n) is 51.6. The molecule has 506 valence electrons. The molecule has 5 heterocycles. The van der Waals surface area contributed by atoms with Crippen molar-refractivity contribution in [1.82, 2.24) is 46.2 Å². The first-order chi connectivity index (χ1) is 43.9. The lowest BCUT2D eigenvalue weighted by molar-refractivity contribution is -0.151. The van der Waals surface area contributed by atoms with Crippen LogP contribution in [0.5, 0.6) is 0 Å². The van der Waals surface area contributed by atoms with Crippen LogP contribution in [0, 0.1) is 0 Å². The average molecular weight is 1310 g/mol. The van der Waals surface area contributed by atoms with E-state index in [1.54, 1.807) is 41.8 Å². The van der Waals surface area contributed by atoms with E-state index in [1.165, 1.54) is 26.0 Å². The van der Waals surface area contributed by atoms with Crippen LogP contribution in [0.2, 0.25) is 0 Å². The van der Waals surface area contributed by atoms with E-state index in [9.17, 15) is 58.5 Å². The first-order valence-corrected chi connectivity index (χ1v) is 31.6. The number of aliphatic imine (C=N–C) groups is 3. The summed E-state index contributed by atoms with van der Waals surface area (Å²) in [7, 11) is 0. The number of nitrogens with two attached hydrogens (primary N) is 7. The summed E-state index contributed by atoms with van der Waals surface area (Å²) >= 11 is 1.26. The molecule has 92 heavy (non-hydrogen) atoms. The van der Waals surface area contributed by atoms with Crippen molar-refractivity contribution in [2.24, 2.45) is 55.1 Å². The third-order valence-corrected chi connectivity index (χ3v) is 17.1. The van der Waals surface area contributed by atoms with Gasteiger partial charge in [-0.25, -0.2) is 4.79 Å². The Morgan fingerprint density at radius 3 is 1.90 bits per heavy atom. The molecule has 6 rings (SSSR count). The molecular formula is C58H89N19O14S. The van der Waals surface area contributed by atoms with E-state index in [0.29, 0.717) is 29.7 Å². The summed E-state index contributed by atoms with van der Waals surface area (Å²) < 4.78 is 6.06. The van der Waals surface area contributed by atoms with E-state index in [1.807, 2.05) is 6.92 Å². The second-order valence-electron chi connectivity index (χ2n) is 23.1. The molecule has 9 amide bonds. The first-order valence-electron chi connectivity index (χ1n) is 30.7. The fourth-order valence-electron chi connectivity index (χ4n) is 11.6. The maximum Gasteiger partial charge on any atom is 0.326 e. The summed E-state index contributed by atoms with van der Waals surface area (Å²) in [5, 5.41) is 46.4. The van der Waals surface area contributed by atoms with Crippen LogP contribution in [0.25, 0.3) is 0 Å². The van der Waals surface area contributed by atoms with Crippen LogP contribution in [0.15, 0.2) is 56.8 Å². The molecule has 4 aliphatic heterocycles. The van der Waals surface area contributed by atoms with E-state index in [2.05, 4.69) is 41.6 Å². The maximum atomic E-state index is 15.1. The number of carboxylic acid groups (broad SMARTS) is 1. The molecule has 0 bridgehead atoms. The monoisotopic (exact) mass is 1310 g/mol. The Hall–Kier alpha value is -8.73. The number of aliphatic carboxylic acids is 1. The highest BCUT2D eigenvalue weighted by Gasteiger charge is 2.49. The molecule has 1 aromatic heterocycles. The summed E-state index contributed by atoms with van der Waals surface area (Å²) in [6.07, 6.45) is -0.0364. The van der Waals surface area contributed by atoms with Gasteiger partial charge in [0.15, 0.2) is 17.9 Å². The molecule has 0 spiro atoms. The van der Waals surface area contributed by atoms with Crippen LogP contribution >= 0.6 is 11.3 Å². The lowest BCUT2D eigenvalue weighted by Gasteiger charge is -2.39. The smallest absolute Gasteiger partial charge is 0.326 e. The molecule has 2 aromatic rings. The number of amides is 9. The van der Waals surface area contributed by atoms with Gasteiger partial charge in [-0.05, 0) is 80.4 Å². The first kappa shape index (κ1) is 72.3. The summed E-state index contributed by atoms with van der Waals surface area (Å²) in [6.45, 7) is 0.473. The van der Waals surface area contributed by atoms with Gasteiger partial charge < -0.3 is 106 Å². The fraction of sp³-hybridized carbons (Fsp3) is 0.603. The number of β-amino-alcohol motifs (C(OH)–C–C–N with tert-alkyl or cyclic N) is 1. The largest absolute Gasteiger partial charge is 0.480 e. The third kappa shape index (κ3) is 20.6. The molecule has 22 N–H and O–H groups in total. The highest BCUT2D eigenvalue weighted by atomic mass is 32.1. The van der Waals surface area contributed by atoms with E-state index >= 15 is 4.79 Å². The van der Waals surface area contributed by atoms with Crippen LogP contribution in [0.1, 0.15) is 93.6 Å². The molecular weight excluding hydrogens is 1220 g/mol. The number of aliphatic hydroxyl groups excluding tert-OH is 2. The quantitative estimate of drug-likeness (QED) is 0.0180. The predicted octanol–water partition coefficient (Wildman–Crippen LogP) is -5.79. The molecule has 0 aliphatic carbocycles. The third-order valence-electron chi connectivity index (χ3n) is 16.2. The number of hydrogen-bond acceptors (Lipinski definition) is 18. The van der Waals surface area contributed by atoms with Crippen molar-refractivity contribution in [3.63, 3.8) is 0 Å². The average Bonchev–Trinajstić information content (AvgIpc) is 1.31. The number of carbonyl (C=O) groups excluding carboxylic acids is 9. The minimum absolute atomic E-state index is 0.00494. The number of guanidine groups is 3. The van der Waals surface area contributed by atoms with E-state index in [0.717, 1.165) is 10.5 Å². The van der Waals surface area contributed by atoms with Gasteiger partial charge in [0.1, 0.15) is 48.3 Å². The number of carboxylic acids is 1. The van der Waals surface area contributed by atoms with Crippen molar-refractivity contribution in [2.45, 2.75) is 164 Å². The normalized spacial score (nSPS) is 20.9. The van der Waals surface area contributed by atoms with Crippen molar-refractivity contribution >= 4 is 88.3 Å². The molecule has 1 aromatic carbocycles. The van der Waals surface area contributed by atoms with Crippen molar-refractivity contribution in [3.05, 3.63) is 57.8 Å². The van der Waals surface area contributed by atoms with Crippen LogP contribution in [-0.4, -0.2) is 238 Å². The molecule has 3 saturated heterocycles. The lowest BCUT2D eigenvalue weighted by Crippen LogP contribution is -2.61. The van der Waals surface area contributed by atoms with E-state index in [4.69, 9.17) is 44.9 Å². The van der Waals surface area contributed by atoms with Crippen LogP contribution in [0.3, 0.4) is 0 Å². The Balaban J connectivity index is 1.13. The van der Waals surface area contributed by atoms with Crippen molar-refractivity contribution < 1.29 is 68.0 Å². The number of rotatable bonds is 33. The highest BCUT2D eigenvalue weighted by molar-refractivity contribution is 7.09. The molecule has 4 aliphatic rings. The maximum absolute atomic E-state index is 15.1. The van der Waals surface area contributed by atoms with Gasteiger partial charge in [0.2, 0.25) is 53.2 Å². The molecule has 33 nitrogen and oxygen atoms in total. The number of hydrogen-bond donors (Lipinski definition) is 15. The molecule has 3 fully saturated rings. The lowest BCUT2D eigenvalue weighted by atomic mass is 9.92. The summed E-state index contributed by atoms with van der Waals surface area (Å²) in [4.78, 5) is 158. The van der Waals surface area contributed by atoms with Gasteiger partial charge in [0.25, 0.3) is 0 Å². The van der Waals surface area contributed by atoms with Gasteiger partial charge >= 0.3 is 5.97 Å². The minimum Gasteiger partial charge on any atom is -0.480 e. The van der Waals surface area contributed by atoms with Crippen molar-refractivity contribution in [1.29, 1.82) is 0 Å². The Labute approximate surface area is 536 Å². The van der Waals surface area contributed by atoms with Crippen molar-refractivity contribution in [2.75, 3.05) is 59.0 Å². The number of aliphatic hydroxyl groups is 2. The minimum atomic E-state index is -1.69. The summed E-state index contributed by atoms with van der Waals surface area (Å²) in [5.41, 5.74) is 40.2. The Morgan fingerprint density at radius 2 is 1.28 bits per heavy atom. The van der Waals surface area contributed by atoms with Gasteiger partial charge in [0, 0.05) is 83.0 Å². The van der Waals surface area contributed by atoms with Gasteiger partial charge in [-0.2, -0.15) is 0 Å². The number of carbonyl (C=O) groups is 10. The number of likely N-dealkylation sites (tertiary alicyclic amines) is 3. The number of ether oxygens (including phenoxy) is 1. The van der Waals surface area contributed by atoms with Gasteiger partial charge in [-0.15, -0.1) is 11.3 Å². The zero-order valence-corrected chi connectivity index (χ0v) is 52.4. The predicted molar refractivity (Wildman–Crippen MR) is 337 cm³/mol. The number of fused-ring (bicyclic) bond motifs is 1. The van der Waals surface area contributed by atoms with Crippen LogP contribution < -0.4 is 66.7 Å². The molecule has 0 saturated carbocycles. The topological polar surface area (TPSA) is 533 Å². The Bertz CT molecular complexity index is 3000. The fourth-order valence-corrected chi connectivity index (χ4v) is 12.3. The van der Waals surface area contributed by atoms with Gasteiger partial charge in [-0.3, -0.25) is 58.1 Å². The summed E-state index contributed by atoms with van der Waals surface area (Å²) in [5.74, 6) is -8.64. The van der Waals surface area contributed by atoms with E-state index < -0.39 is 139 Å². The molecule has 11 atom stereocenters. The number of benzene rings is 1. The van der Waals surface area contributed by atoms with E-state index in [-0.39, 0.29) is 135 Å². The number of thiophene rings is 1. The standard InChI is InChI=1S/C58H89N19O14S/c1-2-21-91-35-25-45(54(88)75-28-33-11-4-3-10-32(33)23-43(75)50(84)72-39(55(89)90)15-7-19-68-58(64)65)77(30-35)52(86)41(31-78)73-48(82)40(26-36-12-9-22-92-36)70-46(80)27-69-49(83)44-24-34(79)29-76(44)53(87)42-16-8-20-74(42)51(85)38(14-6-18-67-57(62)63)71-47(81)37(59)13-5-17-66-56(60)61/h3-4,9-12,22,34-35,37-45,78-79H,2,5-8,13-21,23-31,59H2,1H3,(H,69,83)(H,70,80)(H,71,81)(H,72,84)(H,73,82)(H,89,90)(H4,60,61,66)(H4,62,63,67)(H4,64,65,68)/t34-,35-,37-,38+,39+,40+,41+,42+,43+,44+,45-/m1/s1. The SMILES string of the molecule is CCCO[C@@H]1C[C@H](C(=O)N2Cc3ccccc3C[C@H]2C(=O)N[C@@H](CCCN=C(N)N)C(=O)O)N(C(=O)[C@H](CO)NC(=O)[C@H](Cc2cccs2)NC(=O)CNC(=O)[C@@H]2C[C@@H](O)CN2C(=O)[C@@H]2CCCN2C(=O)[C@H](CCCN=C(N)N)NC(=O)[C@H](N)CCCN=C(N)N)C1. The highest BCUT2D eigenvalue weighted by Crippen LogP contribution is 2.31.